The fraction of sp³-hybridized carbons (Fsp3) is 0.294. The van der Waals surface area contributed by atoms with Crippen molar-refractivity contribution in [1.29, 1.82) is 0 Å². The first-order valence-corrected chi connectivity index (χ1v) is 7.84. The molecule has 2 nitrogen and oxygen atoms in total. The van der Waals surface area contributed by atoms with E-state index in [1.54, 1.807) is 12.1 Å². The fourth-order valence-corrected chi connectivity index (χ4v) is 3.09. The second-order valence-electron chi connectivity index (χ2n) is 5.38. The van der Waals surface area contributed by atoms with Crippen molar-refractivity contribution in [3.63, 3.8) is 0 Å². The Kier molecular flexibility index (Phi) is 4.39. The van der Waals surface area contributed by atoms with E-state index in [1.807, 2.05) is 12.1 Å². The number of ether oxygens (including phenoxy) is 1. The van der Waals surface area contributed by atoms with Crippen LogP contribution >= 0.6 is 23.2 Å². The monoisotopic (exact) mass is 321 g/mol. The minimum Gasteiger partial charge on any atom is -0.489 e. The number of fused-ring (bicyclic) bond motifs is 1. The van der Waals surface area contributed by atoms with Crippen molar-refractivity contribution in [2.75, 3.05) is 0 Å². The van der Waals surface area contributed by atoms with Gasteiger partial charge in [-0.25, -0.2) is 0 Å². The van der Waals surface area contributed by atoms with Crippen molar-refractivity contribution in [2.45, 2.75) is 31.9 Å². The first-order chi connectivity index (χ1) is 10.1. The van der Waals surface area contributed by atoms with Crippen LogP contribution in [0.4, 0.5) is 0 Å². The van der Waals surface area contributed by atoms with Crippen LogP contribution in [0, 0.1) is 0 Å². The van der Waals surface area contributed by atoms with E-state index in [-0.39, 0.29) is 6.04 Å². The quantitative estimate of drug-likeness (QED) is 0.871. The number of benzene rings is 2. The minimum absolute atomic E-state index is 0.118. The Hall–Kier alpha value is -1.22. The third kappa shape index (κ3) is 3.34. The van der Waals surface area contributed by atoms with E-state index in [2.05, 4.69) is 12.1 Å². The van der Waals surface area contributed by atoms with Gasteiger partial charge in [0.1, 0.15) is 12.4 Å². The van der Waals surface area contributed by atoms with Gasteiger partial charge in [0.15, 0.2) is 0 Å². The first kappa shape index (κ1) is 14.7. The van der Waals surface area contributed by atoms with Crippen LogP contribution in [-0.4, -0.2) is 0 Å². The third-order valence-electron chi connectivity index (χ3n) is 3.88. The first-order valence-electron chi connectivity index (χ1n) is 7.08. The zero-order valence-corrected chi connectivity index (χ0v) is 13.1. The zero-order valence-electron chi connectivity index (χ0n) is 11.6. The lowest BCUT2D eigenvalue weighted by Crippen LogP contribution is -2.17. The van der Waals surface area contributed by atoms with Crippen LogP contribution in [0.2, 0.25) is 10.0 Å². The summed E-state index contributed by atoms with van der Waals surface area (Å²) in [5.74, 6) is 0.821. The van der Waals surface area contributed by atoms with Crippen LogP contribution in [0.25, 0.3) is 0 Å². The van der Waals surface area contributed by atoms with E-state index in [0.29, 0.717) is 16.7 Å². The molecule has 0 fully saturated rings. The number of halogens is 2. The number of aryl methyl sites for hydroxylation is 1. The van der Waals surface area contributed by atoms with Crippen molar-refractivity contribution in [2.24, 2.45) is 5.73 Å². The van der Waals surface area contributed by atoms with Gasteiger partial charge in [0.05, 0.1) is 0 Å². The lowest BCUT2D eigenvalue weighted by Gasteiger charge is -2.22. The van der Waals surface area contributed by atoms with Gasteiger partial charge >= 0.3 is 0 Å². The molecule has 0 radical (unpaired) electrons. The predicted molar refractivity (Wildman–Crippen MR) is 87.1 cm³/mol. The molecular formula is C17H17Cl2NO. The second kappa shape index (κ2) is 6.27. The Bertz CT molecular complexity index is 657. The summed E-state index contributed by atoms with van der Waals surface area (Å²) in [5, 5.41) is 1.32. The highest BCUT2D eigenvalue weighted by molar-refractivity contribution is 6.33. The maximum absolute atomic E-state index is 6.17. The van der Waals surface area contributed by atoms with Crippen molar-refractivity contribution in [1.82, 2.24) is 0 Å². The largest absolute Gasteiger partial charge is 0.489 e. The molecule has 1 aliphatic rings. The van der Waals surface area contributed by atoms with Gasteiger partial charge in [-0.05, 0) is 60.7 Å². The van der Waals surface area contributed by atoms with Crippen LogP contribution in [0.15, 0.2) is 36.4 Å². The molecule has 0 amide bonds. The molecule has 0 saturated heterocycles. The van der Waals surface area contributed by atoms with Crippen molar-refractivity contribution >= 4 is 23.2 Å². The maximum Gasteiger partial charge on any atom is 0.120 e. The zero-order chi connectivity index (χ0) is 14.8. The number of rotatable bonds is 3. The Morgan fingerprint density at radius 2 is 2.00 bits per heavy atom. The van der Waals surface area contributed by atoms with Gasteiger partial charge < -0.3 is 10.5 Å². The molecule has 1 aliphatic carbocycles. The standard InChI is InChI=1S/C17H17Cl2NO/c18-13-5-7-16(19)12(8-13)10-21-14-6-4-11-2-1-3-17(20)15(11)9-14/h4-9,17H,1-3,10,20H2/t17-/m1/s1. The Labute approximate surface area is 134 Å². The van der Waals surface area contributed by atoms with Crippen LogP contribution < -0.4 is 10.5 Å². The molecule has 1 atom stereocenters. The predicted octanol–water partition coefficient (Wildman–Crippen LogP) is 4.91. The minimum atomic E-state index is 0.118. The summed E-state index contributed by atoms with van der Waals surface area (Å²) in [4.78, 5) is 0. The van der Waals surface area contributed by atoms with Gasteiger partial charge in [0.25, 0.3) is 0 Å². The molecule has 0 aliphatic heterocycles. The second-order valence-corrected chi connectivity index (χ2v) is 6.23. The Morgan fingerprint density at radius 1 is 1.14 bits per heavy atom. The summed E-state index contributed by atoms with van der Waals surface area (Å²) < 4.78 is 5.84. The van der Waals surface area contributed by atoms with E-state index in [4.69, 9.17) is 33.7 Å². The topological polar surface area (TPSA) is 35.2 Å². The normalized spacial score (nSPS) is 17.4. The van der Waals surface area contributed by atoms with Crippen molar-refractivity contribution in [3.8, 4) is 5.75 Å². The van der Waals surface area contributed by atoms with E-state index < -0.39 is 0 Å². The van der Waals surface area contributed by atoms with Gasteiger partial charge in [-0.1, -0.05) is 29.3 Å². The van der Waals surface area contributed by atoms with Gasteiger partial charge in [-0.15, -0.1) is 0 Å². The lowest BCUT2D eigenvalue weighted by atomic mass is 9.88. The molecule has 0 spiro atoms. The molecule has 2 aromatic carbocycles. The van der Waals surface area contributed by atoms with Crippen LogP contribution in [-0.2, 0) is 13.0 Å². The highest BCUT2D eigenvalue weighted by atomic mass is 35.5. The van der Waals surface area contributed by atoms with Gasteiger partial charge in [-0.2, -0.15) is 0 Å². The number of hydrogen-bond donors (Lipinski definition) is 1. The van der Waals surface area contributed by atoms with Gasteiger partial charge in [0.2, 0.25) is 0 Å². The molecule has 21 heavy (non-hydrogen) atoms. The molecule has 4 heteroatoms. The molecule has 3 rings (SSSR count). The summed E-state index contributed by atoms with van der Waals surface area (Å²) in [5.41, 5.74) is 9.59. The molecule has 0 heterocycles. The molecule has 2 N–H and O–H groups in total. The number of hydrogen-bond acceptors (Lipinski definition) is 2. The number of nitrogens with two attached hydrogens (primary N) is 1. The fourth-order valence-electron chi connectivity index (χ4n) is 2.72. The van der Waals surface area contributed by atoms with E-state index in [0.717, 1.165) is 30.6 Å². The molecule has 0 aromatic heterocycles. The summed E-state index contributed by atoms with van der Waals surface area (Å²) in [6.45, 7) is 0.396. The molecule has 0 saturated carbocycles. The van der Waals surface area contributed by atoms with Crippen molar-refractivity contribution < 1.29 is 4.74 Å². The maximum atomic E-state index is 6.17. The van der Waals surface area contributed by atoms with E-state index in [1.165, 1.54) is 11.1 Å². The Balaban J connectivity index is 1.76. The highest BCUT2D eigenvalue weighted by Crippen LogP contribution is 2.31. The van der Waals surface area contributed by atoms with Gasteiger partial charge in [-0.3, -0.25) is 0 Å². The molecule has 110 valence electrons. The average molecular weight is 322 g/mol. The lowest BCUT2D eigenvalue weighted by molar-refractivity contribution is 0.305. The van der Waals surface area contributed by atoms with Crippen LogP contribution in [0.5, 0.6) is 5.75 Å². The SMILES string of the molecule is N[C@@H]1CCCc2ccc(OCc3cc(Cl)ccc3Cl)cc21. The molecule has 0 unspecified atom stereocenters. The molecule has 2 aromatic rings. The van der Waals surface area contributed by atoms with Crippen LogP contribution in [0.1, 0.15) is 35.6 Å². The smallest absolute Gasteiger partial charge is 0.120 e. The summed E-state index contributed by atoms with van der Waals surface area (Å²) in [7, 11) is 0. The van der Waals surface area contributed by atoms with Gasteiger partial charge in [0, 0.05) is 21.7 Å². The molecular weight excluding hydrogens is 305 g/mol. The summed E-state index contributed by atoms with van der Waals surface area (Å²) >= 11 is 12.1. The van der Waals surface area contributed by atoms with E-state index >= 15 is 0 Å². The third-order valence-corrected chi connectivity index (χ3v) is 4.48. The highest BCUT2D eigenvalue weighted by Gasteiger charge is 2.17. The van der Waals surface area contributed by atoms with Crippen molar-refractivity contribution in [3.05, 3.63) is 63.1 Å². The van der Waals surface area contributed by atoms with Crippen LogP contribution in [0.3, 0.4) is 0 Å². The summed E-state index contributed by atoms with van der Waals surface area (Å²) in [6.07, 6.45) is 3.30. The Morgan fingerprint density at radius 3 is 2.86 bits per heavy atom. The van der Waals surface area contributed by atoms with E-state index in [9.17, 15) is 0 Å². The summed E-state index contributed by atoms with van der Waals surface area (Å²) in [6, 6.07) is 11.7. The average Bonchev–Trinajstić information content (AvgIpc) is 2.49. The molecule has 0 bridgehead atoms.